The second-order valence-electron chi connectivity index (χ2n) is 4.03. The minimum absolute atomic E-state index is 0.775. The summed E-state index contributed by atoms with van der Waals surface area (Å²) < 4.78 is 0. The third-order valence-electron chi connectivity index (χ3n) is 2.64. The standard InChI is InChI=1S/C8H9NO.C8H8O.C2H6/c1-9(7-10)8-5-3-2-4-6-8;1-7-4-2-3-5-8(7)6-9;1-2/h2-7H,1H3;2-6H,1H3;1-2H3. The first-order chi connectivity index (χ1) is 10.2. The summed E-state index contributed by atoms with van der Waals surface area (Å²) in [5.41, 5.74) is 2.72. The molecule has 1 amide bonds. The lowest BCUT2D eigenvalue weighted by atomic mass is 10.1. The molecule has 2 aromatic rings. The molecule has 0 saturated carbocycles. The Morgan fingerprint density at radius 2 is 1.38 bits per heavy atom. The molecular weight excluding hydrogens is 262 g/mol. The molecule has 0 fully saturated rings. The first-order valence-electron chi connectivity index (χ1n) is 6.93. The topological polar surface area (TPSA) is 37.4 Å². The van der Waals surface area contributed by atoms with Crippen molar-refractivity contribution in [3.05, 3.63) is 65.7 Å². The SMILES string of the molecule is CC.CN(C=O)c1ccccc1.Cc1ccccc1C=O. The van der Waals surface area contributed by atoms with E-state index in [1.807, 2.05) is 75.4 Å². The van der Waals surface area contributed by atoms with Crippen molar-refractivity contribution >= 4 is 18.4 Å². The lowest BCUT2D eigenvalue weighted by molar-refractivity contribution is -0.107. The van der Waals surface area contributed by atoms with Gasteiger partial charge in [0.15, 0.2) is 0 Å². The molecule has 3 heteroatoms. The average Bonchev–Trinajstić information content (AvgIpc) is 2.58. The van der Waals surface area contributed by atoms with E-state index >= 15 is 0 Å². The predicted octanol–water partition coefficient (Wildman–Crippen LogP) is 4.11. The second-order valence-corrected chi connectivity index (χ2v) is 4.03. The van der Waals surface area contributed by atoms with Crippen LogP contribution in [0.1, 0.15) is 29.8 Å². The Morgan fingerprint density at radius 1 is 0.857 bits per heavy atom. The summed E-state index contributed by atoms with van der Waals surface area (Å²) in [6.45, 7) is 5.92. The van der Waals surface area contributed by atoms with Gasteiger partial charge in [0.25, 0.3) is 0 Å². The summed E-state index contributed by atoms with van der Waals surface area (Å²) in [7, 11) is 1.72. The second kappa shape index (κ2) is 11.4. The van der Waals surface area contributed by atoms with Gasteiger partial charge in [-0.25, -0.2) is 0 Å². The maximum absolute atomic E-state index is 10.2. The molecule has 0 unspecified atom stereocenters. The first-order valence-corrected chi connectivity index (χ1v) is 6.93. The molecule has 3 nitrogen and oxygen atoms in total. The lowest BCUT2D eigenvalue weighted by Crippen LogP contribution is -2.12. The summed E-state index contributed by atoms with van der Waals surface area (Å²) in [5, 5.41) is 0. The predicted molar refractivity (Wildman–Crippen MR) is 88.8 cm³/mol. The van der Waals surface area contributed by atoms with E-state index in [2.05, 4.69) is 0 Å². The van der Waals surface area contributed by atoms with Gasteiger partial charge in [0.05, 0.1) is 0 Å². The molecule has 0 bridgehead atoms. The Labute approximate surface area is 127 Å². The summed E-state index contributed by atoms with van der Waals surface area (Å²) in [6, 6.07) is 17.0. The van der Waals surface area contributed by atoms with Crippen molar-refractivity contribution < 1.29 is 9.59 Å². The zero-order valence-corrected chi connectivity index (χ0v) is 13.1. The molecule has 0 radical (unpaired) electrons. The number of hydrogen-bond donors (Lipinski definition) is 0. The number of aldehydes is 1. The van der Waals surface area contributed by atoms with Crippen molar-refractivity contribution in [3.8, 4) is 0 Å². The van der Waals surface area contributed by atoms with Crippen LogP contribution in [0.25, 0.3) is 0 Å². The van der Waals surface area contributed by atoms with Gasteiger partial charge in [0.1, 0.15) is 6.29 Å². The molecular formula is C18H23NO2. The number of benzene rings is 2. The molecule has 0 saturated heterocycles. The van der Waals surface area contributed by atoms with Crippen LogP contribution in [0.5, 0.6) is 0 Å². The highest BCUT2D eigenvalue weighted by atomic mass is 16.1. The quantitative estimate of drug-likeness (QED) is 0.796. The van der Waals surface area contributed by atoms with Crippen LogP contribution in [0.15, 0.2) is 54.6 Å². The highest BCUT2D eigenvalue weighted by molar-refractivity contribution is 5.76. The minimum Gasteiger partial charge on any atom is -0.318 e. The fraction of sp³-hybridized carbons (Fsp3) is 0.222. The lowest BCUT2D eigenvalue weighted by Gasteiger charge is -2.08. The number of para-hydroxylation sites is 1. The molecule has 0 aliphatic carbocycles. The summed E-state index contributed by atoms with van der Waals surface area (Å²) in [5.74, 6) is 0. The van der Waals surface area contributed by atoms with E-state index in [4.69, 9.17) is 0 Å². The number of nitrogens with zero attached hydrogens (tertiary/aromatic N) is 1. The molecule has 0 heterocycles. The number of rotatable bonds is 3. The highest BCUT2D eigenvalue weighted by Crippen LogP contribution is 2.07. The molecule has 2 rings (SSSR count). The third-order valence-corrected chi connectivity index (χ3v) is 2.64. The van der Waals surface area contributed by atoms with Crippen molar-refractivity contribution in [2.45, 2.75) is 20.8 Å². The normalized spacial score (nSPS) is 8.38. The summed E-state index contributed by atoms with van der Waals surface area (Å²) >= 11 is 0. The Balaban J connectivity index is 0.000000342. The molecule has 0 spiro atoms. The van der Waals surface area contributed by atoms with Crippen molar-refractivity contribution in [1.29, 1.82) is 0 Å². The van der Waals surface area contributed by atoms with Crippen LogP contribution < -0.4 is 4.90 Å². The maximum Gasteiger partial charge on any atom is 0.213 e. The third kappa shape index (κ3) is 7.06. The average molecular weight is 285 g/mol. The van der Waals surface area contributed by atoms with E-state index in [1.54, 1.807) is 7.05 Å². The number of amides is 1. The molecule has 0 aliphatic rings. The van der Waals surface area contributed by atoms with Crippen LogP contribution in [0.2, 0.25) is 0 Å². The zero-order valence-electron chi connectivity index (χ0n) is 13.1. The van der Waals surface area contributed by atoms with Crippen molar-refractivity contribution in [1.82, 2.24) is 0 Å². The Kier molecular flexibility index (Phi) is 10.1. The van der Waals surface area contributed by atoms with Crippen molar-refractivity contribution in [3.63, 3.8) is 0 Å². The smallest absolute Gasteiger partial charge is 0.213 e. The van der Waals surface area contributed by atoms with E-state index in [0.717, 1.165) is 29.5 Å². The monoisotopic (exact) mass is 285 g/mol. The van der Waals surface area contributed by atoms with Crippen LogP contribution in [-0.4, -0.2) is 19.7 Å². The van der Waals surface area contributed by atoms with E-state index < -0.39 is 0 Å². The molecule has 2 aromatic carbocycles. The molecule has 21 heavy (non-hydrogen) atoms. The molecule has 0 N–H and O–H groups in total. The van der Waals surface area contributed by atoms with E-state index in [0.29, 0.717) is 0 Å². The van der Waals surface area contributed by atoms with Crippen LogP contribution in [-0.2, 0) is 4.79 Å². The van der Waals surface area contributed by atoms with E-state index in [9.17, 15) is 9.59 Å². The fourth-order valence-electron chi connectivity index (χ4n) is 1.44. The summed E-state index contributed by atoms with van der Waals surface area (Å²) in [4.78, 5) is 22.0. The fourth-order valence-corrected chi connectivity index (χ4v) is 1.44. The van der Waals surface area contributed by atoms with Crippen LogP contribution in [0.4, 0.5) is 5.69 Å². The van der Waals surface area contributed by atoms with Gasteiger partial charge in [0.2, 0.25) is 6.41 Å². The van der Waals surface area contributed by atoms with E-state index in [1.165, 1.54) is 4.90 Å². The van der Waals surface area contributed by atoms with Crippen LogP contribution >= 0.6 is 0 Å². The summed E-state index contributed by atoms with van der Waals surface area (Å²) in [6.07, 6.45) is 1.66. The highest BCUT2D eigenvalue weighted by Gasteiger charge is 1.93. The van der Waals surface area contributed by atoms with Crippen molar-refractivity contribution in [2.75, 3.05) is 11.9 Å². The number of aryl methyl sites for hydroxylation is 1. The van der Waals surface area contributed by atoms with Gasteiger partial charge in [0, 0.05) is 18.3 Å². The Bertz CT molecular complexity index is 524. The number of carbonyl (C=O) groups excluding carboxylic acids is 2. The van der Waals surface area contributed by atoms with E-state index in [-0.39, 0.29) is 0 Å². The molecule has 0 aromatic heterocycles. The number of carbonyl (C=O) groups is 2. The van der Waals surface area contributed by atoms with Crippen LogP contribution in [0.3, 0.4) is 0 Å². The van der Waals surface area contributed by atoms with Crippen molar-refractivity contribution in [2.24, 2.45) is 0 Å². The van der Waals surface area contributed by atoms with Gasteiger partial charge in [-0.2, -0.15) is 0 Å². The Hall–Kier alpha value is -2.42. The Morgan fingerprint density at radius 3 is 1.81 bits per heavy atom. The van der Waals surface area contributed by atoms with Gasteiger partial charge in [-0.3, -0.25) is 9.59 Å². The number of anilines is 1. The first kappa shape index (κ1) is 18.6. The minimum atomic E-state index is 0.775. The van der Waals surface area contributed by atoms with Gasteiger partial charge in [-0.05, 0) is 24.6 Å². The van der Waals surface area contributed by atoms with Gasteiger partial charge < -0.3 is 4.90 Å². The molecule has 0 atom stereocenters. The maximum atomic E-state index is 10.2. The largest absolute Gasteiger partial charge is 0.318 e. The van der Waals surface area contributed by atoms with Gasteiger partial charge in [-0.1, -0.05) is 56.3 Å². The zero-order chi connectivity index (χ0) is 16.1. The van der Waals surface area contributed by atoms with Gasteiger partial charge >= 0.3 is 0 Å². The number of hydrogen-bond acceptors (Lipinski definition) is 2. The molecule has 112 valence electrons. The van der Waals surface area contributed by atoms with Gasteiger partial charge in [-0.15, -0.1) is 0 Å². The van der Waals surface area contributed by atoms with Crippen LogP contribution in [0, 0.1) is 6.92 Å². The molecule has 0 aliphatic heterocycles.